The predicted octanol–water partition coefficient (Wildman–Crippen LogP) is 2.26. The highest BCUT2D eigenvalue weighted by atomic mass is 16.2. The largest absolute Gasteiger partial charge is 0.345 e. The van der Waals surface area contributed by atoms with Gasteiger partial charge in [-0.3, -0.25) is 4.79 Å². The lowest BCUT2D eigenvalue weighted by Gasteiger charge is -2.33. The molecule has 1 unspecified atom stereocenters. The van der Waals surface area contributed by atoms with E-state index in [4.69, 9.17) is 5.73 Å². The van der Waals surface area contributed by atoms with Gasteiger partial charge in [0, 0.05) is 20.1 Å². The fourth-order valence-corrected chi connectivity index (χ4v) is 2.47. The number of amides is 1. The molecular weight excluding hydrogens is 212 g/mol. The van der Waals surface area contributed by atoms with Crippen molar-refractivity contribution in [2.24, 2.45) is 23.0 Å². The summed E-state index contributed by atoms with van der Waals surface area (Å²) in [5.41, 5.74) is 5.91. The van der Waals surface area contributed by atoms with Crippen molar-refractivity contribution in [3.63, 3.8) is 0 Å². The van der Waals surface area contributed by atoms with Crippen LogP contribution in [0.1, 0.15) is 46.5 Å². The fraction of sp³-hybridized carbons (Fsp3) is 0.929. The summed E-state index contributed by atoms with van der Waals surface area (Å²) in [4.78, 5) is 14.2. The Hall–Kier alpha value is -0.570. The molecule has 0 aromatic heterocycles. The van der Waals surface area contributed by atoms with Gasteiger partial charge >= 0.3 is 0 Å². The van der Waals surface area contributed by atoms with E-state index in [9.17, 15) is 4.79 Å². The highest BCUT2D eigenvalue weighted by molar-refractivity contribution is 5.78. The summed E-state index contributed by atoms with van der Waals surface area (Å²) < 4.78 is 0. The normalized spacial score (nSPS) is 18.6. The molecule has 1 rings (SSSR count). The molecule has 0 bridgehead atoms. The number of hydrogen-bond donors (Lipinski definition) is 1. The lowest BCUT2D eigenvalue weighted by molar-refractivity contribution is -0.135. The van der Waals surface area contributed by atoms with Crippen molar-refractivity contribution in [1.29, 1.82) is 0 Å². The second-order valence-electron chi connectivity index (χ2n) is 6.71. The second kappa shape index (κ2) is 5.85. The molecule has 1 amide bonds. The van der Waals surface area contributed by atoms with E-state index in [-0.39, 0.29) is 17.2 Å². The molecule has 1 aliphatic rings. The SMILES string of the molecule is CN(CC1CCC1)C(=O)C(CN)CC(C)(C)C. The zero-order chi connectivity index (χ0) is 13.1. The Morgan fingerprint density at radius 3 is 2.35 bits per heavy atom. The summed E-state index contributed by atoms with van der Waals surface area (Å²) in [6.07, 6.45) is 4.76. The summed E-state index contributed by atoms with van der Waals surface area (Å²) in [5, 5.41) is 0. The number of carbonyl (C=O) groups excluding carboxylic acids is 1. The molecule has 0 heterocycles. The molecule has 0 aliphatic heterocycles. The molecule has 1 aliphatic carbocycles. The van der Waals surface area contributed by atoms with Gasteiger partial charge in [0.15, 0.2) is 0 Å². The Morgan fingerprint density at radius 2 is 2.00 bits per heavy atom. The Balaban J connectivity index is 2.46. The maximum absolute atomic E-state index is 12.3. The van der Waals surface area contributed by atoms with Gasteiger partial charge in [-0.1, -0.05) is 27.2 Å². The van der Waals surface area contributed by atoms with Crippen LogP contribution in [0.25, 0.3) is 0 Å². The number of hydrogen-bond acceptors (Lipinski definition) is 2. The van der Waals surface area contributed by atoms with E-state index in [0.717, 1.165) is 18.9 Å². The first-order valence-corrected chi connectivity index (χ1v) is 6.78. The van der Waals surface area contributed by atoms with Gasteiger partial charge in [-0.05, 0) is 30.6 Å². The maximum Gasteiger partial charge on any atom is 0.226 e. The molecule has 3 nitrogen and oxygen atoms in total. The number of carbonyl (C=O) groups is 1. The molecule has 100 valence electrons. The minimum atomic E-state index is -0.0138. The monoisotopic (exact) mass is 240 g/mol. The van der Waals surface area contributed by atoms with E-state index >= 15 is 0 Å². The topological polar surface area (TPSA) is 46.3 Å². The van der Waals surface area contributed by atoms with Crippen LogP contribution in [-0.4, -0.2) is 30.9 Å². The lowest BCUT2D eigenvalue weighted by atomic mass is 9.83. The minimum Gasteiger partial charge on any atom is -0.345 e. The Labute approximate surface area is 106 Å². The molecule has 0 aromatic carbocycles. The first-order chi connectivity index (χ1) is 7.83. The van der Waals surface area contributed by atoms with Gasteiger partial charge in [-0.25, -0.2) is 0 Å². The fourth-order valence-electron chi connectivity index (χ4n) is 2.47. The van der Waals surface area contributed by atoms with Gasteiger partial charge in [0.1, 0.15) is 0 Å². The van der Waals surface area contributed by atoms with Gasteiger partial charge in [0.25, 0.3) is 0 Å². The average molecular weight is 240 g/mol. The third-order valence-corrected chi connectivity index (χ3v) is 3.63. The van der Waals surface area contributed by atoms with E-state index in [0.29, 0.717) is 6.54 Å². The summed E-state index contributed by atoms with van der Waals surface area (Å²) in [6, 6.07) is 0. The summed E-state index contributed by atoms with van der Waals surface area (Å²) in [6.45, 7) is 7.86. The third-order valence-electron chi connectivity index (χ3n) is 3.63. The van der Waals surface area contributed by atoms with E-state index in [2.05, 4.69) is 20.8 Å². The van der Waals surface area contributed by atoms with Crippen molar-refractivity contribution >= 4 is 5.91 Å². The van der Waals surface area contributed by atoms with E-state index < -0.39 is 0 Å². The van der Waals surface area contributed by atoms with Gasteiger partial charge in [0.2, 0.25) is 5.91 Å². The maximum atomic E-state index is 12.3. The predicted molar refractivity (Wildman–Crippen MR) is 71.6 cm³/mol. The van der Waals surface area contributed by atoms with Crippen molar-refractivity contribution in [1.82, 2.24) is 4.90 Å². The zero-order valence-corrected chi connectivity index (χ0v) is 11.8. The van der Waals surface area contributed by atoms with Crippen molar-refractivity contribution in [3.05, 3.63) is 0 Å². The van der Waals surface area contributed by atoms with Crippen molar-refractivity contribution in [2.45, 2.75) is 46.5 Å². The van der Waals surface area contributed by atoms with Gasteiger partial charge in [-0.2, -0.15) is 0 Å². The first kappa shape index (κ1) is 14.5. The van der Waals surface area contributed by atoms with Crippen LogP contribution in [0.2, 0.25) is 0 Å². The van der Waals surface area contributed by atoms with Crippen molar-refractivity contribution in [2.75, 3.05) is 20.1 Å². The van der Waals surface area contributed by atoms with Crippen LogP contribution in [0, 0.1) is 17.3 Å². The molecule has 1 fully saturated rings. The summed E-state index contributed by atoms with van der Waals surface area (Å²) in [5.74, 6) is 0.950. The second-order valence-corrected chi connectivity index (χ2v) is 6.71. The van der Waals surface area contributed by atoms with Crippen LogP contribution in [0.5, 0.6) is 0 Å². The molecule has 3 heteroatoms. The Bertz CT molecular complexity index is 253. The van der Waals surface area contributed by atoms with Crippen LogP contribution in [0.3, 0.4) is 0 Å². The molecule has 0 spiro atoms. The van der Waals surface area contributed by atoms with Crippen molar-refractivity contribution < 1.29 is 4.79 Å². The zero-order valence-electron chi connectivity index (χ0n) is 11.8. The van der Waals surface area contributed by atoms with Gasteiger partial charge < -0.3 is 10.6 Å². The Morgan fingerprint density at radius 1 is 1.41 bits per heavy atom. The molecule has 0 radical (unpaired) electrons. The number of rotatable bonds is 5. The quantitative estimate of drug-likeness (QED) is 0.801. The van der Waals surface area contributed by atoms with Crippen molar-refractivity contribution in [3.8, 4) is 0 Å². The molecular formula is C14H28N2O. The van der Waals surface area contributed by atoms with Crippen LogP contribution >= 0.6 is 0 Å². The Kier molecular flexibility index (Phi) is 4.99. The molecule has 0 saturated heterocycles. The molecule has 0 aromatic rings. The van der Waals surface area contributed by atoms with E-state index in [1.165, 1.54) is 19.3 Å². The van der Waals surface area contributed by atoms with Crippen LogP contribution < -0.4 is 5.73 Å². The minimum absolute atomic E-state index is 0.0138. The van der Waals surface area contributed by atoms with Crippen LogP contribution in [0.15, 0.2) is 0 Å². The van der Waals surface area contributed by atoms with E-state index in [1.54, 1.807) is 0 Å². The number of nitrogens with two attached hydrogens (primary N) is 1. The standard InChI is InChI=1S/C14H28N2O/c1-14(2,3)8-12(9-15)13(17)16(4)10-11-6-5-7-11/h11-12H,5-10,15H2,1-4H3. The first-order valence-electron chi connectivity index (χ1n) is 6.78. The summed E-state index contributed by atoms with van der Waals surface area (Å²) >= 11 is 0. The van der Waals surface area contributed by atoms with E-state index in [1.807, 2.05) is 11.9 Å². The van der Waals surface area contributed by atoms with Crippen LogP contribution in [-0.2, 0) is 4.79 Å². The molecule has 17 heavy (non-hydrogen) atoms. The molecule has 1 saturated carbocycles. The third kappa shape index (κ3) is 4.66. The van der Waals surface area contributed by atoms with Gasteiger partial charge in [-0.15, -0.1) is 0 Å². The highest BCUT2D eigenvalue weighted by Gasteiger charge is 2.28. The smallest absolute Gasteiger partial charge is 0.226 e. The molecule has 2 N–H and O–H groups in total. The highest BCUT2D eigenvalue weighted by Crippen LogP contribution is 2.28. The lowest BCUT2D eigenvalue weighted by Crippen LogP contribution is -2.41. The number of nitrogens with zero attached hydrogens (tertiary/aromatic N) is 1. The average Bonchev–Trinajstić information content (AvgIpc) is 2.17. The summed E-state index contributed by atoms with van der Waals surface area (Å²) in [7, 11) is 1.92. The van der Waals surface area contributed by atoms with Crippen LogP contribution in [0.4, 0.5) is 0 Å². The van der Waals surface area contributed by atoms with Gasteiger partial charge in [0.05, 0.1) is 5.92 Å². The molecule has 1 atom stereocenters.